The third-order valence-electron chi connectivity index (χ3n) is 2.95. The van der Waals surface area contributed by atoms with Gasteiger partial charge < -0.3 is 10.1 Å². The second-order valence-electron chi connectivity index (χ2n) is 4.53. The van der Waals surface area contributed by atoms with Gasteiger partial charge in [-0.25, -0.2) is 0 Å². The van der Waals surface area contributed by atoms with Crippen molar-refractivity contribution < 1.29 is 4.74 Å². The predicted molar refractivity (Wildman–Crippen MR) is 79.4 cm³/mol. The number of hydrogen-bond acceptors (Lipinski definition) is 2. The van der Waals surface area contributed by atoms with Crippen molar-refractivity contribution in [3.8, 4) is 5.75 Å². The van der Waals surface area contributed by atoms with Crippen molar-refractivity contribution in [3.05, 3.63) is 66.2 Å². The smallest absolute Gasteiger partial charge is 0.136 e. The summed E-state index contributed by atoms with van der Waals surface area (Å²) < 4.78 is 6.08. The number of rotatable bonds is 7. The lowest BCUT2D eigenvalue weighted by molar-refractivity contribution is 0.202. The van der Waals surface area contributed by atoms with Crippen LogP contribution in [0.4, 0.5) is 0 Å². The van der Waals surface area contributed by atoms with E-state index in [2.05, 4.69) is 36.5 Å². The molecule has 0 aromatic heterocycles. The van der Waals surface area contributed by atoms with E-state index in [0.29, 0.717) is 0 Å². The molecule has 0 fully saturated rings. The van der Waals surface area contributed by atoms with Crippen LogP contribution in [0.5, 0.6) is 5.75 Å². The highest BCUT2D eigenvalue weighted by Crippen LogP contribution is 2.21. The summed E-state index contributed by atoms with van der Waals surface area (Å²) >= 11 is 0. The summed E-state index contributed by atoms with van der Waals surface area (Å²) in [5.74, 6) is 0.912. The molecule has 1 atom stereocenters. The molecule has 2 heteroatoms. The molecule has 0 saturated heterocycles. The van der Waals surface area contributed by atoms with Gasteiger partial charge in [0.05, 0.1) is 0 Å². The molecule has 0 saturated carbocycles. The molecule has 0 radical (unpaired) electrons. The zero-order chi connectivity index (χ0) is 13.3. The van der Waals surface area contributed by atoms with E-state index < -0.39 is 0 Å². The third kappa shape index (κ3) is 4.42. The maximum Gasteiger partial charge on any atom is 0.136 e. The molecule has 2 rings (SSSR count). The zero-order valence-corrected chi connectivity index (χ0v) is 11.4. The Morgan fingerprint density at radius 1 is 0.947 bits per heavy atom. The topological polar surface area (TPSA) is 21.3 Å². The molecule has 100 valence electrons. The van der Waals surface area contributed by atoms with Crippen LogP contribution in [-0.4, -0.2) is 13.1 Å². The van der Waals surface area contributed by atoms with Crippen LogP contribution >= 0.6 is 0 Å². The van der Waals surface area contributed by atoms with Gasteiger partial charge in [0.1, 0.15) is 11.9 Å². The van der Waals surface area contributed by atoms with Crippen LogP contribution < -0.4 is 10.1 Å². The van der Waals surface area contributed by atoms with Crippen molar-refractivity contribution in [2.24, 2.45) is 0 Å². The molecule has 2 aromatic rings. The molecule has 0 aliphatic rings. The van der Waals surface area contributed by atoms with Gasteiger partial charge in [-0.2, -0.15) is 0 Å². The molecule has 0 aliphatic heterocycles. The summed E-state index contributed by atoms with van der Waals surface area (Å²) in [6, 6.07) is 20.3. The first-order valence-corrected chi connectivity index (χ1v) is 6.87. The van der Waals surface area contributed by atoms with E-state index in [-0.39, 0.29) is 6.10 Å². The Bertz CT molecular complexity index is 455. The zero-order valence-electron chi connectivity index (χ0n) is 11.4. The van der Waals surface area contributed by atoms with E-state index in [4.69, 9.17) is 4.74 Å². The van der Waals surface area contributed by atoms with Gasteiger partial charge in [0.2, 0.25) is 0 Å². The Morgan fingerprint density at radius 2 is 1.58 bits per heavy atom. The van der Waals surface area contributed by atoms with Gasteiger partial charge in [0.15, 0.2) is 0 Å². The molecular weight excluding hydrogens is 234 g/mol. The number of nitrogens with one attached hydrogen (secondary N) is 1. The van der Waals surface area contributed by atoms with Crippen LogP contribution in [-0.2, 0) is 0 Å². The van der Waals surface area contributed by atoms with Crippen molar-refractivity contribution in [1.82, 2.24) is 5.32 Å². The second kappa shape index (κ2) is 7.59. The molecule has 2 nitrogen and oxygen atoms in total. The molecule has 0 aliphatic carbocycles. The molecular formula is C17H21NO. The monoisotopic (exact) mass is 255 g/mol. The first-order valence-electron chi connectivity index (χ1n) is 6.87. The largest absolute Gasteiger partial charge is 0.484 e. The molecule has 19 heavy (non-hydrogen) atoms. The molecule has 0 bridgehead atoms. The number of para-hydroxylation sites is 1. The minimum atomic E-state index is 0.0511. The van der Waals surface area contributed by atoms with Crippen molar-refractivity contribution >= 4 is 0 Å². The van der Waals surface area contributed by atoms with Crippen LogP contribution in [0.1, 0.15) is 25.0 Å². The highest BCUT2D eigenvalue weighted by molar-refractivity contribution is 5.24. The van der Waals surface area contributed by atoms with Gasteiger partial charge in [-0.3, -0.25) is 0 Å². The maximum atomic E-state index is 6.08. The Balaban J connectivity index is 2.06. The Morgan fingerprint density at radius 3 is 2.21 bits per heavy atom. The number of ether oxygens (including phenoxy) is 1. The molecule has 1 N–H and O–H groups in total. The predicted octanol–water partition coefficient (Wildman–Crippen LogP) is 3.81. The molecule has 0 spiro atoms. The van der Waals surface area contributed by atoms with Gasteiger partial charge in [-0.15, -0.1) is 0 Å². The first-order chi connectivity index (χ1) is 9.40. The van der Waals surface area contributed by atoms with Gasteiger partial charge in [0.25, 0.3) is 0 Å². The van der Waals surface area contributed by atoms with Gasteiger partial charge >= 0.3 is 0 Å². The minimum Gasteiger partial charge on any atom is -0.484 e. The fraction of sp³-hybridized carbons (Fsp3) is 0.294. The Kier molecular flexibility index (Phi) is 5.45. The van der Waals surface area contributed by atoms with E-state index in [1.54, 1.807) is 0 Å². The van der Waals surface area contributed by atoms with E-state index in [0.717, 1.165) is 25.3 Å². The van der Waals surface area contributed by atoms with Crippen molar-refractivity contribution in [2.45, 2.75) is 19.4 Å². The van der Waals surface area contributed by atoms with Crippen LogP contribution in [0.15, 0.2) is 60.7 Å². The molecule has 0 heterocycles. The first kappa shape index (κ1) is 13.6. The fourth-order valence-electron chi connectivity index (χ4n) is 1.97. The average Bonchev–Trinajstić information content (AvgIpc) is 2.48. The van der Waals surface area contributed by atoms with Crippen LogP contribution in [0, 0.1) is 0 Å². The summed E-state index contributed by atoms with van der Waals surface area (Å²) in [7, 11) is 0. The highest BCUT2D eigenvalue weighted by atomic mass is 16.5. The molecule has 2 aromatic carbocycles. The quantitative estimate of drug-likeness (QED) is 0.760. The Labute approximate surface area is 115 Å². The van der Waals surface area contributed by atoms with Crippen LogP contribution in [0.25, 0.3) is 0 Å². The number of hydrogen-bond donors (Lipinski definition) is 1. The second-order valence-corrected chi connectivity index (χ2v) is 4.53. The summed E-state index contributed by atoms with van der Waals surface area (Å²) in [6.07, 6.45) is 1.18. The normalized spacial score (nSPS) is 12.1. The standard InChI is InChI=1S/C17H21NO/c1-2-13-18-14-17(15-9-5-3-6-10-15)19-16-11-7-4-8-12-16/h3-12,17-18H,2,13-14H2,1H3. The maximum absolute atomic E-state index is 6.08. The van der Waals surface area contributed by atoms with Gasteiger partial charge in [0, 0.05) is 6.54 Å². The molecule has 1 unspecified atom stereocenters. The van der Waals surface area contributed by atoms with Gasteiger partial charge in [-0.05, 0) is 30.7 Å². The van der Waals surface area contributed by atoms with Crippen molar-refractivity contribution in [3.63, 3.8) is 0 Å². The summed E-state index contributed by atoms with van der Waals surface area (Å²) in [4.78, 5) is 0. The van der Waals surface area contributed by atoms with E-state index in [9.17, 15) is 0 Å². The van der Waals surface area contributed by atoms with Crippen molar-refractivity contribution in [2.75, 3.05) is 13.1 Å². The summed E-state index contributed by atoms with van der Waals surface area (Å²) in [5, 5.41) is 3.43. The number of benzene rings is 2. The summed E-state index contributed by atoms with van der Waals surface area (Å²) in [5.41, 5.74) is 1.20. The highest BCUT2D eigenvalue weighted by Gasteiger charge is 2.12. The van der Waals surface area contributed by atoms with Gasteiger partial charge in [-0.1, -0.05) is 55.5 Å². The average molecular weight is 255 g/mol. The summed E-state index contributed by atoms with van der Waals surface area (Å²) in [6.45, 7) is 4.01. The minimum absolute atomic E-state index is 0.0511. The fourth-order valence-corrected chi connectivity index (χ4v) is 1.97. The van der Waals surface area contributed by atoms with E-state index in [1.165, 1.54) is 5.56 Å². The SMILES string of the molecule is CCCNCC(Oc1ccccc1)c1ccccc1. The van der Waals surface area contributed by atoms with E-state index in [1.807, 2.05) is 36.4 Å². The van der Waals surface area contributed by atoms with E-state index >= 15 is 0 Å². The van der Waals surface area contributed by atoms with Crippen molar-refractivity contribution in [1.29, 1.82) is 0 Å². The van der Waals surface area contributed by atoms with Crippen LogP contribution in [0.2, 0.25) is 0 Å². The Hall–Kier alpha value is -1.80. The van der Waals surface area contributed by atoms with Crippen LogP contribution in [0.3, 0.4) is 0 Å². The lowest BCUT2D eigenvalue weighted by Gasteiger charge is -2.20. The lowest BCUT2D eigenvalue weighted by Crippen LogP contribution is -2.25. The lowest BCUT2D eigenvalue weighted by atomic mass is 10.1. The molecule has 0 amide bonds. The third-order valence-corrected chi connectivity index (χ3v) is 2.95.